The second-order valence-corrected chi connectivity index (χ2v) is 7.13. The summed E-state index contributed by atoms with van der Waals surface area (Å²) in [6, 6.07) is -1.21. The van der Waals surface area contributed by atoms with Crippen LogP contribution in [0.1, 0.15) is 33.6 Å². The van der Waals surface area contributed by atoms with Crippen LogP contribution in [0.25, 0.3) is 0 Å². The van der Waals surface area contributed by atoms with Crippen molar-refractivity contribution in [3.8, 4) is 0 Å². The molecule has 0 aromatic carbocycles. The molecule has 0 aliphatic carbocycles. The smallest absolute Gasteiger partial charge is 0.322 e. The second kappa shape index (κ2) is 6.85. The summed E-state index contributed by atoms with van der Waals surface area (Å²) in [6.07, 6.45) is 0.0587. The Kier molecular flexibility index (Phi) is 6.44. The largest absolute Gasteiger partial charge is 0.480 e. The molecule has 0 rings (SSSR count). The number of nitrogens with one attached hydrogen (secondary N) is 1. The van der Waals surface area contributed by atoms with E-state index in [1.165, 1.54) is 7.11 Å². The summed E-state index contributed by atoms with van der Waals surface area (Å²) in [5, 5.41) is 9.02. The fraction of sp³-hybridized carbons (Fsp3) is 0.818. The van der Waals surface area contributed by atoms with Crippen LogP contribution in [-0.4, -0.2) is 44.4 Å². The Morgan fingerprint density at radius 1 is 1.32 bits per heavy atom. The summed E-state index contributed by atoms with van der Waals surface area (Å²) in [6.45, 7) is 4.88. The van der Waals surface area contributed by atoms with Gasteiger partial charge in [-0.05, 0) is 11.8 Å². The number of methoxy groups -OCH3 is 1. The average Bonchev–Trinajstić information content (AvgIpc) is 2.23. The quantitative estimate of drug-likeness (QED) is 0.656. The molecule has 0 heterocycles. The maximum absolute atomic E-state index is 11.7. The molecule has 0 bridgehead atoms. The zero-order chi connectivity index (χ0) is 15.3. The Hall–Kier alpha value is -1.15. The Morgan fingerprint density at radius 2 is 1.84 bits per heavy atom. The molecule has 1 atom stereocenters. The summed E-state index contributed by atoms with van der Waals surface area (Å²) in [4.78, 5) is 21.9. The predicted octanol–water partition coefficient (Wildman–Crippen LogP) is 0.358. The van der Waals surface area contributed by atoms with Crippen molar-refractivity contribution in [3.63, 3.8) is 0 Å². The van der Waals surface area contributed by atoms with Gasteiger partial charge in [-0.25, -0.2) is 13.1 Å². The molecule has 0 aliphatic rings. The van der Waals surface area contributed by atoms with Crippen LogP contribution in [0.5, 0.6) is 0 Å². The highest BCUT2D eigenvalue weighted by Crippen LogP contribution is 2.20. The van der Waals surface area contributed by atoms with Crippen LogP contribution < -0.4 is 4.72 Å². The molecule has 0 amide bonds. The molecule has 112 valence electrons. The van der Waals surface area contributed by atoms with Crippen molar-refractivity contribution < 1.29 is 27.9 Å². The van der Waals surface area contributed by atoms with Crippen molar-refractivity contribution in [2.45, 2.75) is 39.7 Å². The molecule has 2 N–H and O–H groups in total. The van der Waals surface area contributed by atoms with Crippen LogP contribution >= 0.6 is 0 Å². The minimum absolute atomic E-state index is 0.0231. The Labute approximate surface area is 113 Å². The zero-order valence-corrected chi connectivity index (χ0v) is 12.4. The van der Waals surface area contributed by atoms with E-state index in [2.05, 4.69) is 9.46 Å². The van der Waals surface area contributed by atoms with Crippen LogP contribution in [0.2, 0.25) is 0 Å². The minimum atomic E-state index is -3.75. The normalized spacial score (nSPS) is 13.9. The number of hydrogen-bond donors (Lipinski definition) is 2. The molecular weight excluding hydrogens is 274 g/mol. The molecule has 7 nitrogen and oxygen atoms in total. The van der Waals surface area contributed by atoms with E-state index >= 15 is 0 Å². The lowest BCUT2D eigenvalue weighted by Crippen LogP contribution is -2.49. The van der Waals surface area contributed by atoms with Gasteiger partial charge in [-0.3, -0.25) is 9.59 Å². The summed E-state index contributed by atoms with van der Waals surface area (Å²) in [7, 11) is -2.53. The molecule has 0 aromatic heterocycles. The van der Waals surface area contributed by atoms with E-state index in [-0.39, 0.29) is 18.6 Å². The molecular formula is C11H21NO6S. The molecule has 0 saturated carbocycles. The first-order valence-corrected chi connectivity index (χ1v) is 7.44. The predicted molar refractivity (Wildman–Crippen MR) is 69.1 cm³/mol. The number of carbonyl (C=O) groups excluding carboxylic acids is 1. The fourth-order valence-electron chi connectivity index (χ4n) is 1.34. The monoisotopic (exact) mass is 295 g/mol. The number of carboxylic acid groups (broad SMARTS) is 1. The van der Waals surface area contributed by atoms with E-state index in [0.717, 1.165) is 0 Å². The van der Waals surface area contributed by atoms with Gasteiger partial charge < -0.3 is 9.84 Å². The highest BCUT2D eigenvalue weighted by atomic mass is 32.2. The third-order valence-electron chi connectivity index (χ3n) is 2.43. The minimum Gasteiger partial charge on any atom is -0.480 e. The van der Waals surface area contributed by atoms with Crippen LogP contribution in [-0.2, 0) is 24.3 Å². The van der Waals surface area contributed by atoms with Gasteiger partial charge >= 0.3 is 11.9 Å². The molecule has 0 aliphatic heterocycles. The Morgan fingerprint density at radius 3 is 2.21 bits per heavy atom. The molecule has 19 heavy (non-hydrogen) atoms. The number of carbonyl (C=O) groups is 2. The fourth-order valence-corrected chi connectivity index (χ4v) is 2.80. The topological polar surface area (TPSA) is 110 Å². The number of sulfonamides is 1. The van der Waals surface area contributed by atoms with Gasteiger partial charge in [0.05, 0.1) is 12.9 Å². The van der Waals surface area contributed by atoms with Gasteiger partial charge in [0.1, 0.15) is 6.04 Å². The maximum atomic E-state index is 11.7. The van der Waals surface area contributed by atoms with Crippen molar-refractivity contribution in [1.82, 2.24) is 4.72 Å². The van der Waals surface area contributed by atoms with Crippen LogP contribution in [0, 0.1) is 5.41 Å². The molecule has 0 aromatic rings. The highest BCUT2D eigenvalue weighted by molar-refractivity contribution is 7.89. The summed E-state index contributed by atoms with van der Waals surface area (Å²) in [5.74, 6) is -2.05. The molecule has 0 radical (unpaired) electrons. The first-order valence-electron chi connectivity index (χ1n) is 5.79. The maximum Gasteiger partial charge on any atom is 0.322 e. The van der Waals surface area contributed by atoms with Gasteiger partial charge in [-0.1, -0.05) is 20.8 Å². The lowest BCUT2D eigenvalue weighted by molar-refractivity contribution is -0.142. The Balaban J connectivity index is 4.58. The first kappa shape index (κ1) is 17.8. The number of ether oxygens (including phenoxy) is 1. The van der Waals surface area contributed by atoms with Crippen molar-refractivity contribution in [2.75, 3.05) is 12.9 Å². The second-order valence-electron chi connectivity index (χ2n) is 5.25. The van der Waals surface area contributed by atoms with Crippen LogP contribution in [0.15, 0.2) is 0 Å². The van der Waals surface area contributed by atoms with Gasteiger partial charge in [0, 0.05) is 6.42 Å². The standard InChI is InChI=1S/C11H21NO6S/c1-11(2,3)9(10(14)15)12-19(16,17)7-5-6-8(13)18-4/h9,12H,5-7H2,1-4H3,(H,14,15)/t9-/m0/s1. The molecule has 8 heteroatoms. The number of hydrogen-bond acceptors (Lipinski definition) is 5. The average molecular weight is 295 g/mol. The number of carboxylic acids is 1. The number of rotatable bonds is 7. The van der Waals surface area contributed by atoms with E-state index in [1.54, 1.807) is 20.8 Å². The van der Waals surface area contributed by atoms with E-state index in [0.29, 0.717) is 0 Å². The van der Waals surface area contributed by atoms with Crippen LogP contribution in [0.3, 0.4) is 0 Å². The molecule has 0 saturated heterocycles. The SMILES string of the molecule is COC(=O)CCCS(=O)(=O)N[C@@H](C(=O)O)C(C)(C)C. The highest BCUT2D eigenvalue weighted by Gasteiger charge is 2.34. The molecule has 0 fully saturated rings. The number of esters is 1. The van der Waals surface area contributed by atoms with E-state index in [1.807, 2.05) is 0 Å². The van der Waals surface area contributed by atoms with Gasteiger partial charge in [0.25, 0.3) is 0 Å². The van der Waals surface area contributed by atoms with Crippen molar-refractivity contribution in [2.24, 2.45) is 5.41 Å². The van der Waals surface area contributed by atoms with Crippen molar-refractivity contribution >= 4 is 22.0 Å². The van der Waals surface area contributed by atoms with E-state index in [4.69, 9.17) is 5.11 Å². The molecule has 0 unspecified atom stereocenters. The van der Waals surface area contributed by atoms with E-state index < -0.39 is 33.4 Å². The zero-order valence-electron chi connectivity index (χ0n) is 11.6. The van der Waals surface area contributed by atoms with Gasteiger partial charge in [0.15, 0.2) is 0 Å². The third-order valence-corrected chi connectivity index (χ3v) is 3.85. The van der Waals surface area contributed by atoms with Crippen molar-refractivity contribution in [1.29, 1.82) is 0 Å². The van der Waals surface area contributed by atoms with Gasteiger partial charge in [0.2, 0.25) is 10.0 Å². The summed E-state index contributed by atoms with van der Waals surface area (Å²) >= 11 is 0. The summed E-state index contributed by atoms with van der Waals surface area (Å²) in [5.41, 5.74) is -0.749. The number of aliphatic carboxylic acids is 1. The van der Waals surface area contributed by atoms with Gasteiger partial charge in [-0.2, -0.15) is 0 Å². The third kappa shape index (κ3) is 7.12. The lowest BCUT2D eigenvalue weighted by Gasteiger charge is -2.27. The van der Waals surface area contributed by atoms with Crippen LogP contribution in [0.4, 0.5) is 0 Å². The van der Waals surface area contributed by atoms with E-state index in [9.17, 15) is 18.0 Å². The Bertz CT molecular complexity index is 423. The first-order chi connectivity index (χ1) is 8.49. The van der Waals surface area contributed by atoms with Gasteiger partial charge in [-0.15, -0.1) is 0 Å². The lowest BCUT2D eigenvalue weighted by atomic mass is 9.88. The molecule has 0 spiro atoms. The van der Waals surface area contributed by atoms with Crippen molar-refractivity contribution in [3.05, 3.63) is 0 Å². The summed E-state index contributed by atoms with van der Waals surface area (Å²) < 4.78 is 30.0.